The molecule has 100 valence electrons. The molecule has 0 aromatic rings. The highest BCUT2D eigenvalue weighted by atomic mass is 16.5. The Kier molecular flexibility index (Phi) is 3.57. The lowest BCUT2D eigenvalue weighted by Crippen LogP contribution is -2.52. The average molecular weight is 239 g/mol. The average Bonchev–Trinajstić information content (AvgIpc) is 2.10. The maximum atomic E-state index is 6.01. The van der Waals surface area contributed by atoms with Gasteiger partial charge in [0.05, 0.1) is 11.7 Å². The van der Waals surface area contributed by atoms with Gasteiger partial charge in [-0.15, -0.1) is 0 Å². The molecule has 1 aliphatic carbocycles. The quantitative estimate of drug-likeness (QED) is 0.732. The van der Waals surface area contributed by atoms with Crippen LogP contribution in [0.25, 0.3) is 0 Å². The van der Waals surface area contributed by atoms with Crippen LogP contribution in [0.15, 0.2) is 0 Å². The van der Waals surface area contributed by atoms with Gasteiger partial charge in [-0.25, -0.2) is 0 Å². The van der Waals surface area contributed by atoms with Crippen molar-refractivity contribution in [2.24, 2.45) is 5.41 Å². The molecule has 0 spiro atoms. The molecule has 2 fully saturated rings. The van der Waals surface area contributed by atoms with E-state index in [1.807, 2.05) is 0 Å². The van der Waals surface area contributed by atoms with Crippen LogP contribution in [0.5, 0.6) is 0 Å². The van der Waals surface area contributed by atoms with Crippen molar-refractivity contribution in [1.82, 2.24) is 4.90 Å². The normalized spacial score (nSPS) is 34.4. The fraction of sp³-hybridized carbons (Fsp3) is 1.00. The minimum Gasteiger partial charge on any atom is -0.373 e. The molecule has 1 heterocycles. The molecule has 2 nitrogen and oxygen atoms in total. The third kappa shape index (κ3) is 3.69. The summed E-state index contributed by atoms with van der Waals surface area (Å²) in [4.78, 5) is 2.69. The number of nitrogens with zero attached hydrogens (tertiary/aromatic N) is 1. The van der Waals surface area contributed by atoms with Gasteiger partial charge in [-0.1, -0.05) is 13.8 Å². The minimum atomic E-state index is 0.0273. The smallest absolute Gasteiger partial charge is 0.0612 e. The van der Waals surface area contributed by atoms with E-state index < -0.39 is 0 Å². The second-order valence-corrected chi connectivity index (χ2v) is 7.68. The zero-order chi connectivity index (χ0) is 12.7. The predicted octanol–water partition coefficient (Wildman–Crippen LogP) is 3.45. The Hall–Kier alpha value is -0.0800. The summed E-state index contributed by atoms with van der Waals surface area (Å²) in [6.07, 6.45) is 5.72. The van der Waals surface area contributed by atoms with Crippen LogP contribution >= 0.6 is 0 Å². The van der Waals surface area contributed by atoms with E-state index in [1.54, 1.807) is 0 Å². The lowest BCUT2D eigenvalue weighted by atomic mass is 9.79. The standard InChI is InChI=1S/C15H29NO/c1-14(2,3)17-13-10-12(11-13)16-8-6-15(4,5)7-9-16/h12-13H,6-11H2,1-5H3. The van der Waals surface area contributed by atoms with Crippen molar-refractivity contribution < 1.29 is 4.74 Å². The Morgan fingerprint density at radius 2 is 1.59 bits per heavy atom. The number of piperidine rings is 1. The van der Waals surface area contributed by atoms with Gasteiger partial charge in [0, 0.05) is 6.04 Å². The summed E-state index contributed by atoms with van der Waals surface area (Å²) in [6.45, 7) is 13.9. The van der Waals surface area contributed by atoms with Crippen LogP contribution in [-0.2, 0) is 4.74 Å². The minimum absolute atomic E-state index is 0.0273. The molecular weight excluding hydrogens is 210 g/mol. The summed E-state index contributed by atoms with van der Waals surface area (Å²) in [5.41, 5.74) is 0.598. The lowest BCUT2D eigenvalue weighted by molar-refractivity contribution is -0.124. The molecule has 0 atom stereocenters. The molecule has 0 aromatic heterocycles. The fourth-order valence-corrected chi connectivity index (χ4v) is 2.93. The molecule has 0 bridgehead atoms. The Morgan fingerprint density at radius 3 is 2.06 bits per heavy atom. The monoisotopic (exact) mass is 239 g/mol. The number of likely N-dealkylation sites (tertiary alicyclic amines) is 1. The topological polar surface area (TPSA) is 12.5 Å². The number of hydrogen-bond acceptors (Lipinski definition) is 2. The van der Waals surface area contributed by atoms with Crippen LogP contribution in [0.1, 0.15) is 60.3 Å². The second-order valence-electron chi connectivity index (χ2n) is 7.68. The molecule has 2 rings (SSSR count). The summed E-state index contributed by atoms with van der Waals surface area (Å²) in [7, 11) is 0. The van der Waals surface area contributed by atoms with Crippen LogP contribution < -0.4 is 0 Å². The van der Waals surface area contributed by atoms with E-state index in [0.717, 1.165) is 6.04 Å². The van der Waals surface area contributed by atoms with Crippen molar-refractivity contribution >= 4 is 0 Å². The Balaban J connectivity index is 1.70. The summed E-state index contributed by atoms with van der Waals surface area (Å²) in [6, 6.07) is 0.804. The highest BCUT2D eigenvalue weighted by Crippen LogP contribution is 2.36. The highest BCUT2D eigenvalue weighted by Gasteiger charge is 2.38. The molecule has 1 aliphatic heterocycles. The van der Waals surface area contributed by atoms with Crippen molar-refractivity contribution in [2.45, 2.75) is 78.0 Å². The first-order valence-corrected chi connectivity index (χ1v) is 7.17. The van der Waals surface area contributed by atoms with E-state index in [9.17, 15) is 0 Å². The molecule has 0 N–H and O–H groups in total. The van der Waals surface area contributed by atoms with E-state index in [-0.39, 0.29) is 5.60 Å². The third-order valence-electron chi connectivity index (χ3n) is 4.26. The van der Waals surface area contributed by atoms with Gasteiger partial charge in [0.1, 0.15) is 0 Å². The van der Waals surface area contributed by atoms with Gasteiger partial charge in [-0.2, -0.15) is 0 Å². The van der Waals surface area contributed by atoms with Crippen LogP contribution in [0.3, 0.4) is 0 Å². The molecule has 2 aliphatic rings. The fourth-order valence-electron chi connectivity index (χ4n) is 2.93. The summed E-state index contributed by atoms with van der Waals surface area (Å²) < 4.78 is 6.01. The molecule has 1 saturated carbocycles. The van der Waals surface area contributed by atoms with E-state index in [4.69, 9.17) is 4.74 Å². The molecular formula is C15H29NO. The maximum absolute atomic E-state index is 6.01. The van der Waals surface area contributed by atoms with Gasteiger partial charge >= 0.3 is 0 Å². The van der Waals surface area contributed by atoms with Gasteiger partial charge in [0.15, 0.2) is 0 Å². The lowest BCUT2D eigenvalue weighted by Gasteiger charge is -2.48. The zero-order valence-corrected chi connectivity index (χ0v) is 12.3. The van der Waals surface area contributed by atoms with Crippen LogP contribution in [0, 0.1) is 5.41 Å². The van der Waals surface area contributed by atoms with E-state index in [1.165, 1.54) is 38.8 Å². The summed E-state index contributed by atoms with van der Waals surface area (Å²) in [5.74, 6) is 0. The first-order chi connectivity index (χ1) is 7.75. The predicted molar refractivity (Wildman–Crippen MR) is 72.2 cm³/mol. The third-order valence-corrected chi connectivity index (χ3v) is 4.26. The summed E-state index contributed by atoms with van der Waals surface area (Å²) >= 11 is 0. The van der Waals surface area contributed by atoms with Gasteiger partial charge in [-0.3, -0.25) is 0 Å². The highest BCUT2D eigenvalue weighted by molar-refractivity contribution is 4.92. The molecule has 0 radical (unpaired) electrons. The van der Waals surface area contributed by atoms with Crippen molar-refractivity contribution in [1.29, 1.82) is 0 Å². The maximum Gasteiger partial charge on any atom is 0.0612 e. The summed E-state index contributed by atoms with van der Waals surface area (Å²) in [5, 5.41) is 0. The largest absolute Gasteiger partial charge is 0.373 e. The van der Waals surface area contributed by atoms with Crippen molar-refractivity contribution in [3.05, 3.63) is 0 Å². The van der Waals surface area contributed by atoms with E-state index >= 15 is 0 Å². The Labute approximate surface area is 107 Å². The van der Waals surface area contributed by atoms with Gasteiger partial charge in [-0.05, 0) is 65.0 Å². The molecule has 0 aromatic carbocycles. The van der Waals surface area contributed by atoms with E-state index in [2.05, 4.69) is 39.5 Å². The van der Waals surface area contributed by atoms with Crippen LogP contribution in [0.4, 0.5) is 0 Å². The number of hydrogen-bond donors (Lipinski definition) is 0. The van der Waals surface area contributed by atoms with Gasteiger partial charge < -0.3 is 9.64 Å². The first-order valence-electron chi connectivity index (χ1n) is 7.17. The van der Waals surface area contributed by atoms with Crippen molar-refractivity contribution in [2.75, 3.05) is 13.1 Å². The van der Waals surface area contributed by atoms with Crippen LogP contribution in [-0.4, -0.2) is 35.7 Å². The molecule has 17 heavy (non-hydrogen) atoms. The van der Waals surface area contributed by atoms with Gasteiger partial charge in [0.2, 0.25) is 0 Å². The molecule has 2 heteroatoms. The number of ether oxygens (including phenoxy) is 1. The second kappa shape index (κ2) is 4.55. The zero-order valence-electron chi connectivity index (χ0n) is 12.3. The van der Waals surface area contributed by atoms with Gasteiger partial charge in [0.25, 0.3) is 0 Å². The number of rotatable bonds is 2. The van der Waals surface area contributed by atoms with Crippen molar-refractivity contribution in [3.8, 4) is 0 Å². The van der Waals surface area contributed by atoms with E-state index in [0.29, 0.717) is 11.5 Å². The van der Waals surface area contributed by atoms with Crippen LogP contribution in [0.2, 0.25) is 0 Å². The SMILES string of the molecule is CC1(C)CCN(C2CC(OC(C)(C)C)C2)CC1. The molecule has 0 unspecified atom stereocenters. The Morgan fingerprint density at radius 1 is 1.06 bits per heavy atom. The molecule has 0 amide bonds. The first kappa shape index (κ1) is 13.4. The Bertz CT molecular complexity index is 251. The molecule has 1 saturated heterocycles. The van der Waals surface area contributed by atoms with Crippen molar-refractivity contribution in [3.63, 3.8) is 0 Å².